The Morgan fingerprint density at radius 1 is 1.20 bits per heavy atom. The topological polar surface area (TPSA) is 49.4 Å². The van der Waals surface area contributed by atoms with E-state index in [0.29, 0.717) is 16.4 Å². The molecular weight excluding hydrogens is 400 g/mol. The van der Waals surface area contributed by atoms with Crippen molar-refractivity contribution in [2.24, 2.45) is 5.41 Å². The van der Waals surface area contributed by atoms with Crippen LogP contribution in [0.15, 0.2) is 34.8 Å². The number of rotatable bonds is 4. The fourth-order valence-corrected chi connectivity index (χ4v) is 3.49. The molecule has 0 fully saturated rings. The summed E-state index contributed by atoms with van der Waals surface area (Å²) in [5, 5.41) is 3.60. The van der Waals surface area contributed by atoms with Crippen molar-refractivity contribution in [3.63, 3.8) is 0 Å². The molecule has 6 heteroatoms. The predicted octanol–water partition coefficient (Wildman–Crippen LogP) is 5.08. The van der Waals surface area contributed by atoms with Crippen molar-refractivity contribution in [1.29, 1.82) is 0 Å². The Morgan fingerprint density at radius 2 is 1.80 bits per heavy atom. The molecule has 2 amide bonds. The highest BCUT2D eigenvalue weighted by Gasteiger charge is 2.23. The van der Waals surface area contributed by atoms with E-state index in [0.717, 1.165) is 15.6 Å². The summed E-state index contributed by atoms with van der Waals surface area (Å²) >= 11 is 4.73. The van der Waals surface area contributed by atoms with Gasteiger partial charge in [0.25, 0.3) is 5.91 Å². The third kappa shape index (κ3) is 5.16. The average Bonchev–Trinajstić information content (AvgIpc) is 2.88. The Bertz CT molecular complexity index is 776. The number of aryl methyl sites for hydroxylation is 1. The summed E-state index contributed by atoms with van der Waals surface area (Å²) in [4.78, 5) is 27.2. The lowest BCUT2D eigenvalue weighted by atomic mass is 9.96. The highest BCUT2D eigenvalue weighted by atomic mass is 79.9. The van der Waals surface area contributed by atoms with Crippen LogP contribution in [0.4, 0.5) is 5.00 Å². The third-order valence-corrected chi connectivity index (χ3v) is 5.38. The van der Waals surface area contributed by atoms with Gasteiger partial charge in [0.15, 0.2) is 0 Å². The SMILES string of the molecule is Cc1cc(NC(=O)C(C)(C)C)sc1C(=O)N(C)Cc1ccc(Br)cc1. The fourth-order valence-electron chi connectivity index (χ4n) is 2.16. The normalized spacial score (nSPS) is 11.3. The number of thiophene rings is 1. The van der Waals surface area contributed by atoms with Crippen molar-refractivity contribution in [2.75, 3.05) is 12.4 Å². The van der Waals surface area contributed by atoms with Gasteiger partial charge in [-0.05, 0) is 36.2 Å². The van der Waals surface area contributed by atoms with Crippen molar-refractivity contribution in [3.8, 4) is 0 Å². The van der Waals surface area contributed by atoms with Crippen LogP contribution in [0.5, 0.6) is 0 Å². The number of nitrogens with one attached hydrogen (secondary N) is 1. The number of hydrogen-bond acceptors (Lipinski definition) is 3. The lowest BCUT2D eigenvalue weighted by Gasteiger charge is -2.17. The van der Waals surface area contributed by atoms with Crippen molar-refractivity contribution in [2.45, 2.75) is 34.2 Å². The number of benzene rings is 1. The van der Waals surface area contributed by atoms with Gasteiger partial charge in [-0.2, -0.15) is 0 Å². The van der Waals surface area contributed by atoms with E-state index in [1.165, 1.54) is 11.3 Å². The molecule has 0 saturated heterocycles. The lowest BCUT2D eigenvalue weighted by molar-refractivity contribution is -0.123. The average molecular weight is 423 g/mol. The molecule has 0 atom stereocenters. The van der Waals surface area contributed by atoms with Crippen molar-refractivity contribution in [3.05, 3.63) is 50.8 Å². The summed E-state index contributed by atoms with van der Waals surface area (Å²) in [5.41, 5.74) is 1.47. The number of halogens is 1. The molecule has 4 nitrogen and oxygen atoms in total. The fraction of sp³-hybridized carbons (Fsp3) is 0.368. The van der Waals surface area contributed by atoms with Gasteiger partial charge in [0.2, 0.25) is 5.91 Å². The minimum atomic E-state index is -0.472. The van der Waals surface area contributed by atoms with E-state index in [-0.39, 0.29) is 11.8 Å². The zero-order valence-electron chi connectivity index (χ0n) is 15.1. The minimum Gasteiger partial charge on any atom is -0.337 e. The van der Waals surface area contributed by atoms with Crippen molar-refractivity contribution in [1.82, 2.24) is 4.90 Å². The Balaban J connectivity index is 2.11. The first-order valence-corrected chi connectivity index (χ1v) is 9.60. The number of amides is 2. The maximum Gasteiger partial charge on any atom is 0.264 e. The summed E-state index contributed by atoms with van der Waals surface area (Å²) in [6.45, 7) is 8.01. The first-order chi connectivity index (χ1) is 11.6. The van der Waals surface area contributed by atoms with Crippen LogP contribution < -0.4 is 5.32 Å². The van der Waals surface area contributed by atoms with Crippen LogP contribution in [-0.2, 0) is 11.3 Å². The number of carbonyl (C=O) groups is 2. The maximum absolute atomic E-state index is 12.7. The van der Waals surface area contributed by atoms with Crippen LogP contribution in [0.25, 0.3) is 0 Å². The highest BCUT2D eigenvalue weighted by molar-refractivity contribution is 9.10. The maximum atomic E-state index is 12.7. The number of hydrogen-bond donors (Lipinski definition) is 1. The number of nitrogens with zero attached hydrogens (tertiary/aromatic N) is 1. The van der Waals surface area contributed by atoms with Crippen LogP contribution in [0.3, 0.4) is 0 Å². The first-order valence-electron chi connectivity index (χ1n) is 7.99. The van der Waals surface area contributed by atoms with Gasteiger partial charge in [-0.15, -0.1) is 11.3 Å². The van der Waals surface area contributed by atoms with E-state index in [1.807, 2.05) is 58.0 Å². The molecule has 1 heterocycles. The summed E-state index contributed by atoms with van der Waals surface area (Å²) in [7, 11) is 1.79. The van der Waals surface area contributed by atoms with E-state index >= 15 is 0 Å². The molecule has 0 bridgehead atoms. The second kappa shape index (κ2) is 7.70. The van der Waals surface area contributed by atoms with E-state index in [2.05, 4.69) is 21.2 Å². The zero-order chi connectivity index (χ0) is 18.8. The van der Waals surface area contributed by atoms with Gasteiger partial charge in [0.1, 0.15) is 0 Å². The molecule has 0 aliphatic rings. The molecule has 2 rings (SSSR count). The molecule has 134 valence electrons. The largest absolute Gasteiger partial charge is 0.337 e. The molecule has 1 aromatic carbocycles. The van der Waals surface area contributed by atoms with E-state index in [1.54, 1.807) is 11.9 Å². The monoisotopic (exact) mass is 422 g/mol. The van der Waals surface area contributed by atoms with Gasteiger partial charge in [-0.1, -0.05) is 48.8 Å². The molecule has 0 aliphatic carbocycles. The zero-order valence-corrected chi connectivity index (χ0v) is 17.5. The number of anilines is 1. The van der Waals surface area contributed by atoms with E-state index in [9.17, 15) is 9.59 Å². The second-order valence-electron chi connectivity index (χ2n) is 7.11. The Kier molecular flexibility index (Phi) is 6.06. The van der Waals surface area contributed by atoms with Crippen LogP contribution >= 0.6 is 27.3 Å². The van der Waals surface area contributed by atoms with Gasteiger partial charge < -0.3 is 10.2 Å². The van der Waals surface area contributed by atoms with Gasteiger partial charge in [0.05, 0.1) is 9.88 Å². The molecule has 0 aliphatic heterocycles. The molecule has 1 N–H and O–H groups in total. The first kappa shape index (κ1) is 19.7. The Labute approximate surface area is 161 Å². The van der Waals surface area contributed by atoms with E-state index < -0.39 is 5.41 Å². The van der Waals surface area contributed by atoms with Gasteiger partial charge in [-0.25, -0.2) is 0 Å². The van der Waals surface area contributed by atoms with E-state index in [4.69, 9.17) is 0 Å². The second-order valence-corrected chi connectivity index (χ2v) is 9.08. The Hall–Kier alpha value is -1.66. The van der Waals surface area contributed by atoms with Gasteiger partial charge in [0, 0.05) is 23.5 Å². The number of carbonyl (C=O) groups excluding carboxylic acids is 2. The van der Waals surface area contributed by atoms with Crippen molar-refractivity contribution < 1.29 is 9.59 Å². The van der Waals surface area contributed by atoms with Gasteiger partial charge >= 0.3 is 0 Å². The molecule has 0 unspecified atom stereocenters. The minimum absolute atomic E-state index is 0.0401. The molecule has 1 aromatic heterocycles. The summed E-state index contributed by atoms with van der Waals surface area (Å²) in [6.07, 6.45) is 0. The molecule has 0 spiro atoms. The molecule has 0 saturated carbocycles. The molecule has 0 radical (unpaired) electrons. The van der Waals surface area contributed by atoms with Crippen molar-refractivity contribution >= 4 is 44.1 Å². The summed E-state index contributed by atoms with van der Waals surface area (Å²) < 4.78 is 1.01. The highest BCUT2D eigenvalue weighted by Crippen LogP contribution is 2.29. The lowest BCUT2D eigenvalue weighted by Crippen LogP contribution is -2.27. The molecule has 2 aromatic rings. The summed E-state index contributed by atoms with van der Waals surface area (Å²) in [6, 6.07) is 9.76. The quantitative estimate of drug-likeness (QED) is 0.746. The Morgan fingerprint density at radius 3 is 2.36 bits per heavy atom. The molecular formula is C19H23BrN2O2S. The summed E-state index contributed by atoms with van der Waals surface area (Å²) in [5.74, 6) is -0.0994. The van der Waals surface area contributed by atoms with Crippen LogP contribution in [0.1, 0.15) is 41.6 Å². The van der Waals surface area contributed by atoms with Crippen LogP contribution in [0.2, 0.25) is 0 Å². The molecule has 25 heavy (non-hydrogen) atoms. The van der Waals surface area contributed by atoms with Gasteiger partial charge in [-0.3, -0.25) is 9.59 Å². The van der Waals surface area contributed by atoms with Crippen LogP contribution in [-0.4, -0.2) is 23.8 Å². The standard InChI is InChI=1S/C19H23BrN2O2S/c1-12-10-15(21-18(24)19(2,3)4)25-16(12)17(23)22(5)11-13-6-8-14(20)9-7-13/h6-10H,11H2,1-5H3,(H,21,24). The smallest absolute Gasteiger partial charge is 0.264 e. The van der Waals surface area contributed by atoms with Crippen LogP contribution in [0, 0.1) is 12.3 Å². The third-order valence-electron chi connectivity index (χ3n) is 3.71. The predicted molar refractivity (Wildman–Crippen MR) is 107 cm³/mol.